The number of aliphatic hydroxyl groups excluding tert-OH is 2. The van der Waals surface area contributed by atoms with Gasteiger partial charge in [-0.15, -0.1) is 0 Å². The standard InChI is InChI=1S/C22H22N4O4/c1-22(29)18(28)16(10-27)30-21(22)26-9-15(17-19(23)24-11-25-20(17)26)14-8-4-6-12-5-2-3-7-13(12)14/h2-9,11,16,18,21,27-29H,10H2,1H3,(H2,23,24,25)/t16-,18?,21-,22?/m1/s1. The van der Waals surface area contributed by atoms with E-state index < -0.39 is 30.6 Å². The highest BCUT2D eigenvalue weighted by Gasteiger charge is 2.53. The normalized spacial score (nSPS) is 26.6. The monoisotopic (exact) mass is 406 g/mol. The molecule has 1 aliphatic rings. The summed E-state index contributed by atoms with van der Waals surface area (Å²) in [5, 5.41) is 33.7. The molecule has 4 aromatic rings. The summed E-state index contributed by atoms with van der Waals surface area (Å²) in [7, 11) is 0. The minimum Gasteiger partial charge on any atom is -0.394 e. The van der Waals surface area contributed by atoms with Crippen molar-refractivity contribution in [1.82, 2.24) is 14.5 Å². The smallest absolute Gasteiger partial charge is 0.167 e. The molecule has 8 nitrogen and oxygen atoms in total. The zero-order valence-corrected chi connectivity index (χ0v) is 16.3. The number of aliphatic hydroxyl groups is 3. The van der Waals surface area contributed by atoms with Crippen LogP contribution in [0.1, 0.15) is 13.2 Å². The van der Waals surface area contributed by atoms with Crippen LogP contribution in [-0.2, 0) is 4.74 Å². The Balaban J connectivity index is 1.78. The van der Waals surface area contributed by atoms with Crippen molar-refractivity contribution in [2.24, 2.45) is 0 Å². The highest BCUT2D eigenvalue weighted by Crippen LogP contribution is 2.43. The first-order valence-corrected chi connectivity index (χ1v) is 9.69. The van der Waals surface area contributed by atoms with Crippen LogP contribution in [-0.4, -0.2) is 54.3 Å². The van der Waals surface area contributed by atoms with Gasteiger partial charge in [0.2, 0.25) is 0 Å². The molecule has 0 radical (unpaired) electrons. The zero-order chi connectivity index (χ0) is 21.0. The van der Waals surface area contributed by atoms with Gasteiger partial charge in [-0.25, -0.2) is 9.97 Å². The predicted molar refractivity (Wildman–Crippen MR) is 113 cm³/mol. The number of aromatic nitrogens is 3. The molecule has 5 rings (SSSR count). The number of benzene rings is 2. The second-order valence-corrected chi connectivity index (χ2v) is 7.81. The van der Waals surface area contributed by atoms with Gasteiger partial charge < -0.3 is 30.4 Å². The number of anilines is 1. The Morgan fingerprint density at radius 3 is 2.67 bits per heavy atom. The van der Waals surface area contributed by atoms with Gasteiger partial charge in [-0.2, -0.15) is 0 Å². The van der Waals surface area contributed by atoms with E-state index in [1.807, 2.05) is 48.7 Å². The van der Waals surface area contributed by atoms with E-state index in [0.717, 1.165) is 21.9 Å². The first-order chi connectivity index (χ1) is 14.4. The Bertz CT molecular complexity index is 1250. The van der Waals surface area contributed by atoms with E-state index >= 15 is 0 Å². The van der Waals surface area contributed by atoms with Crippen LogP contribution in [0.2, 0.25) is 0 Å². The molecule has 8 heteroatoms. The maximum atomic E-state index is 11.0. The van der Waals surface area contributed by atoms with E-state index in [4.69, 9.17) is 10.5 Å². The molecule has 154 valence electrons. The fourth-order valence-corrected chi connectivity index (χ4v) is 4.34. The molecule has 5 N–H and O–H groups in total. The van der Waals surface area contributed by atoms with Crippen LogP contribution in [0.3, 0.4) is 0 Å². The third kappa shape index (κ3) is 2.62. The third-order valence-electron chi connectivity index (χ3n) is 5.91. The van der Waals surface area contributed by atoms with Gasteiger partial charge in [0.25, 0.3) is 0 Å². The summed E-state index contributed by atoms with van der Waals surface area (Å²) in [6.45, 7) is 1.06. The van der Waals surface area contributed by atoms with Gasteiger partial charge in [0.15, 0.2) is 6.23 Å². The average molecular weight is 406 g/mol. The van der Waals surface area contributed by atoms with Crippen molar-refractivity contribution < 1.29 is 20.1 Å². The molecule has 2 unspecified atom stereocenters. The summed E-state index contributed by atoms with van der Waals surface area (Å²) in [5.41, 5.74) is 6.80. The number of hydrogen-bond donors (Lipinski definition) is 4. The van der Waals surface area contributed by atoms with E-state index in [2.05, 4.69) is 9.97 Å². The highest BCUT2D eigenvalue weighted by atomic mass is 16.6. The molecule has 2 aromatic heterocycles. The van der Waals surface area contributed by atoms with Crippen LogP contribution in [0.5, 0.6) is 0 Å². The largest absolute Gasteiger partial charge is 0.394 e. The number of rotatable bonds is 3. The molecule has 0 amide bonds. The maximum absolute atomic E-state index is 11.0. The fraction of sp³-hybridized carbons (Fsp3) is 0.273. The molecule has 0 spiro atoms. The van der Waals surface area contributed by atoms with Crippen LogP contribution < -0.4 is 5.73 Å². The van der Waals surface area contributed by atoms with Crippen molar-refractivity contribution >= 4 is 27.6 Å². The molecular formula is C22H22N4O4. The van der Waals surface area contributed by atoms with Crippen LogP contribution in [0, 0.1) is 0 Å². The number of hydrogen-bond acceptors (Lipinski definition) is 7. The third-order valence-corrected chi connectivity index (χ3v) is 5.91. The van der Waals surface area contributed by atoms with Crippen LogP contribution >= 0.6 is 0 Å². The second kappa shape index (κ2) is 6.75. The SMILES string of the molecule is CC1(O)C(O)[C@@H](CO)O[C@H]1n1cc(-c2cccc3ccccc23)c2c(N)ncnc21. The molecular weight excluding hydrogens is 384 g/mol. The lowest BCUT2D eigenvalue weighted by Gasteiger charge is -2.27. The number of nitrogen functional groups attached to an aromatic ring is 1. The first kappa shape index (κ1) is 19.0. The lowest BCUT2D eigenvalue weighted by atomic mass is 9.96. The van der Waals surface area contributed by atoms with Gasteiger partial charge >= 0.3 is 0 Å². The molecule has 1 aliphatic heterocycles. The first-order valence-electron chi connectivity index (χ1n) is 9.69. The molecule has 3 heterocycles. The molecule has 0 aliphatic carbocycles. The molecule has 30 heavy (non-hydrogen) atoms. The zero-order valence-electron chi connectivity index (χ0n) is 16.3. The van der Waals surface area contributed by atoms with Gasteiger partial charge in [0.05, 0.1) is 12.0 Å². The van der Waals surface area contributed by atoms with E-state index in [9.17, 15) is 15.3 Å². The number of ether oxygens (including phenoxy) is 1. The van der Waals surface area contributed by atoms with Gasteiger partial charge in [-0.05, 0) is 23.3 Å². The van der Waals surface area contributed by atoms with Crippen molar-refractivity contribution in [1.29, 1.82) is 0 Å². The van der Waals surface area contributed by atoms with Crippen molar-refractivity contribution in [3.63, 3.8) is 0 Å². The molecule has 4 atom stereocenters. The van der Waals surface area contributed by atoms with Crippen molar-refractivity contribution in [3.05, 3.63) is 55.0 Å². The minimum absolute atomic E-state index is 0.304. The van der Waals surface area contributed by atoms with Gasteiger partial charge in [0, 0.05) is 11.8 Å². The molecule has 1 saturated heterocycles. The van der Waals surface area contributed by atoms with Crippen molar-refractivity contribution in [2.45, 2.75) is 31.0 Å². The van der Waals surface area contributed by atoms with Gasteiger partial charge in [-0.3, -0.25) is 0 Å². The Morgan fingerprint density at radius 1 is 1.13 bits per heavy atom. The minimum atomic E-state index is -1.64. The Hall–Kier alpha value is -3.04. The topological polar surface area (TPSA) is 127 Å². The Morgan fingerprint density at radius 2 is 1.90 bits per heavy atom. The Kier molecular flexibility index (Phi) is 4.26. The molecule has 0 bridgehead atoms. The molecule has 2 aromatic carbocycles. The lowest BCUT2D eigenvalue weighted by Crippen LogP contribution is -2.44. The lowest BCUT2D eigenvalue weighted by molar-refractivity contribution is -0.0948. The van der Waals surface area contributed by atoms with E-state index in [1.165, 1.54) is 13.3 Å². The second-order valence-electron chi connectivity index (χ2n) is 7.81. The summed E-state index contributed by atoms with van der Waals surface area (Å²) in [4.78, 5) is 8.55. The predicted octanol–water partition coefficient (Wildman–Crippen LogP) is 1.84. The number of nitrogens with two attached hydrogens (primary N) is 1. The average Bonchev–Trinajstić information content (AvgIpc) is 3.23. The van der Waals surface area contributed by atoms with Gasteiger partial charge in [0.1, 0.15) is 35.6 Å². The van der Waals surface area contributed by atoms with Crippen LogP contribution in [0.15, 0.2) is 55.0 Å². The summed E-state index contributed by atoms with van der Waals surface area (Å²) in [5.74, 6) is 0.304. The summed E-state index contributed by atoms with van der Waals surface area (Å²) < 4.78 is 7.48. The molecule has 0 saturated carbocycles. The van der Waals surface area contributed by atoms with E-state index in [1.54, 1.807) is 4.57 Å². The highest BCUT2D eigenvalue weighted by molar-refractivity contribution is 6.07. The van der Waals surface area contributed by atoms with Crippen molar-refractivity contribution in [3.8, 4) is 11.1 Å². The van der Waals surface area contributed by atoms with Crippen LogP contribution in [0.4, 0.5) is 5.82 Å². The molecule has 1 fully saturated rings. The van der Waals surface area contributed by atoms with Crippen molar-refractivity contribution in [2.75, 3.05) is 12.3 Å². The Labute approximate surface area is 172 Å². The summed E-state index contributed by atoms with van der Waals surface area (Å²) >= 11 is 0. The van der Waals surface area contributed by atoms with E-state index in [-0.39, 0.29) is 0 Å². The number of nitrogens with zero attached hydrogens (tertiary/aromatic N) is 3. The van der Waals surface area contributed by atoms with E-state index in [0.29, 0.717) is 16.9 Å². The quantitative estimate of drug-likeness (QED) is 0.409. The summed E-state index contributed by atoms with van der Waals surface area (Å²) in [6, 6.07) is 14.0. The van der Waals surface area contributed by atoms with Crippen LogP contribution in [0.25, 0.3) is 32.9 Å². The summed E-state index contributed by atoms with van der Waals surface area (Å²) in [6.07, 6.45) is 0.0197. The maximum Gasteiger partial charge on any atom is 0.167 e. The van der Waals surface area contributed by atoms with Gasteiger partial charge in [-0.1, -0.05) is 42.5 Å². The fourth-order valence-electron chi connectivity index (χ4n) is 4.34. The number of fused-ring (bicyclic) bond motifs is 2.